The summed E-state index contributed by atoms with van der Waals surface area (Å²) in [4.78, 5) is 27.4. The number of carbonyl (C=O) groups excluding carboxylic acids is 1. The first-order valence-electron chi connectivity index (χ1n) is 7.78. The van der Waals surface area contributed by atoms with Gasteiger partial charge in [0.15, 0.2) is 5.13 Å². The van der Waals surface area contributed by atoms with Crippen molar-refractivity contribution in [3.63, 3.8) is 0 Å². The fraction of sp³-hybridized carbons (Fsp3) is 0.118. The number of halogens is 1. The number of pyridine rings is 1. The molecule has 0 saturated heterocycles. The molecule has 130 valence electrons. The Bertz CT molecular complexity index is 1030. The Labute approximate surface area is 161 Å². The Morgan fingerprint density at radius 2 is 2.19 bits per heavy atom. The molecule has 0 N–H and O–H groups in total. The molecule has 0 saturated carbocycles. The number of hydrogen-bond acceptors (Lipinski definition) is 6. The zero-order valence-electron chi connectivity index (χ0n) is 13.5. The van der Waals surface area contributed by atoms with E-state index < -0.39 is 0 Å². The Kier molecular flexibility index (Phi) is 4.72. The molecule has 1 amide bonds. The largest absolute Gasteiger partial charge is 0.280 e. The number of anilines is 1. The van der Waals surface area contributed by atoms with Gasteiger partial charge < -0.3 is 0 Å². The molecule has 26 heavy (non-hydrogen) atoms. The number of fused-ring (bicyclic) bond motifs is 1. The minimum absolute atomic E-state index is 0.0897. The first-order chi connectivity index (χ1) is 12.7. The van der Waals surface area contributed by atoms with Crippen molar-refractivity contribution in [1.82, 2.24) is 24.7 Å². The SMILES string of the molecule is O=C(Cn1cncn1)N(Cc1ccccn1)c1nc2ccc(Br)cc2s1. The van der Waals surface area contributed by atoms with Gasteiger partial charge in [0.2, 0.25) is 0 Å². The second-order valence-electron chi connectivity index (χ2n) is 5.50. The van der Waals surface area contributed by atoms with Crippen LogP contribution in [0.25, 0.3) is 10.2 Å². The van der Waals surface area contributed by atoms with Gasteiger partial charge in [-0.1, -0.05) is 33.3 Å². The van der Waals surface area contributed by atoms with Crippen LogP contribution in [0, 0.1) is 0 Å². The van der Waals surface area contributed by atoms with Crippen LogP contribution in [0.2, 0.25) is 0 Å². The number of benzene rings is 1. The van der Waals surface area contributed by atoms with Crippen LogP contribution in [0.5, 0.6) is 0 Å². The lowest BCUT2D eigenvalue weighted by Gasteiger charge is -2.19. The summed E-state index contributed by atoms with van der Waals surface area (Å²) in [5.41, 5.74) is 1.65. The van der Waals surface area contributed by atoms with E-state index in [9.17, 15) is 4.79 Å². The third-order valence-electron chi connectivity index (χ3n) is 3.68. The zero-order chi connectivity index (χ0) is 17.9. The molecule has 4 rings (SSSR count). The summed E-state index contributed by atoms with van der Waals surface area (Å²) in [6, 6.07) is 11.5. The number of amides is 1. The maximum absolute atomic E-state index is 12.9. The van der Waals surface area contributed by atoms with Gasteiger partial charge in [-0.3, -0.25) is 14.7 Å². The number of nitrogens with zero attached hydrogens (tertiary/aromatic N) is 6. The predicted molar refractivity (Wildman–Crippen MR) is 103 cm³/mol. The van der Waals surface area contributed by atoms with Gasteiger partial charge in [0.05, 0.1) is 22.5 Å². The van der Waals surface area contributed by atoms with E-state index in [0.29, 0.717) is 11.7 Å². The minimum atomic E-state index is -0.126. The lowest BCUT2D eigenvalue weighted by Crippen LogP contribution is -2.33. The molecule has 0 atom stereocenters. The topological polar surface area (TPSA) is 76.8 Å². The van der Waals surface area contributed by atoms with Gasteiger partial charge in [0.25, 0.3) is 5.91 Å². The molecule has 0 spiro atoms. The van der Waals surface area contributed by atoms with E-state index in [4.69, 9.17) is 0 Å². The van der Waals surface area contributed by atoms with Gasteiger partial charge in [-0.15, -0.1) is 0 Å². The van der Waals surface area contributed by atoms with Crippen molar-refractivity contribution in [3.8, 4) is 0 Å². The molecule has 0 bridgehead atoms. The van der Waals surface area contributed by atoms with Gasteiger partial charge in [0, 0.05) is 10.7 Å². The van der Waals surface area contributed by atoms with E-state index in [1.807, 2.05) is 36.4 Å². The van der Waals surface area contributed by atoms with Gasteiger partial charge in [-0.25, -0.2) is 14.6 Å². The molecule has 9 heteroatoms. The number of carbonyl (C=O) groups is 1. The summed E-state index contributed by atoms with van der Waals surface area (Å²) >= 11 is 4.94. The van der Waals surface area contributed by atoms with Crippen molar-refractivity contribution < 1.29 is 4.79 Å². The monoisotopic (exact) mass is 428 g/mol. The second-order valence-corrected chi connectivity index (χ2v) is 7.43. The van der Waals surface area contributed by atoms with Crippen LogP contribution in [0.15, 0.2) is 59.7 Å². The van der Waals surface area contributed by atoms with Crippen molar-refractivity contribution in [2.45, 2.75) is 13.1 Å². The molecule has 4 aromatic rings. The van der Waals surface area contributed by atoms with E-state index in [-0.39, 0.29) is 12.5 Å². The lowest BCUT2D eigenvalue weighted by molar-refractivity contribution is -0.119. The van der Waals surface area contributed by atoms with E-state index in [2.05, 4.69) is 36.0 Å². The Morgan fingerprint density at radius 1 is 1.27 bits per heavy atom. The minimum Gasteiger partial charge on any atom is -0.280 e. The first kappa shape index (κ1) is 16.8. The van der Waals surface area contributed by atoms with Crippen molar-refractivity contribution in [3.05, 3.63) is 65.4 Å². The van der Waals surface area contributed by atoms with E-state index in [1.54, 1.807) is 11.1 Å². The smallest absolute Gasteiger partial charge is 0.250 e. The summed E-state index contributed by atoms with van der Waals surface area (Å²) in [6.07, 6.45) is 4.64. The van der Waals surface area contributed by atoms with E-state index in [1.165, 1.54) is 28.7 Å². The second kappa shape index (κ2) is 7.30. The maximum Gasteiger partial charge on any atom is 0.250 e. The predicted octanol–water partition coefficient (Wildman–Crippen LogP) is 3.28. The first-order valence-corrected chi connectivity index (χ1v) is 9.39. The highest BCUT2D eigenvalue weighted by atomic mass is 79.9. The lowest BCUT2D eigenvalue weighted by atomic mass is 10.3. The Balaban J connectivity index is 1.69. The summed E-state index contributed by atoms with van der Waals surface area (Å²) in [7, 11) is 0. The molecule has 7 nitrogen and oxygen atoms in total. The molecular weight excluding hydrogens is 416 g/mol. The van der Waals surface area contributed by atoms with E-state index in [0.717, 1.165) is 20.4 Å². The van der Waals surface area contributed by atoms with Crippen LogP contribution in [0.3, 0.4) is 0 Å². The highest BCUT2D eigenvalue weighted by molar-refractivity contribution is 9.10. The quantitative estimate of drug-likeness (QED) is 0.487. The number of hydrogen-bond donors (Lipinski definition) is 0. The van der Waals surface area contributed by atoms with Crippen LogP contribution in [0.1, 0.15) is 5.69 Å². The van der Waals surface area contributed by atoms with E-state index >= 15 is 0 Å². The van der Waals surface area contributed by atoms with Gasteiger partial charge in [0.1, 0.15) is 19.2 Å². The van der Waals surface area contributed by atoms with Crippen LogP contribution in [0.4, 0.5) is 5.13 Å². The molecule has 0 aliphatic carbocycles. The zero-order valence-corrected chi connectivity index (χ0v) is 15.9. The summed E-state index contributed by atoms with van der Waals surface area (Å²) in [5, 5.41) is 4.65. The molecule has 0 unspecified atom stereocenters. The molecule has 0 aliphatic rings. The molecule has 0 radical (unpaired) electrons. The van der Waals surface area contributed by atoms with Gasteiger partial charge in [-0.2, -0.15) is 5.10 Å². The normalized spacial score (nSPS) is 11.0. The van der Waals surface area contributed by atoms with Crippen molar-refractivity contribution in [1.29, 1.82) is 0 Å². The summed E-state index contributed by atoms with van der Waals surface area (Å²) in [6.45, 7) is 0.432. The van der Waals surface area contributed by atoms with Crippen LogP contribution in [-0.2, 0) is 17.9 Å². The third-order valence-corrected chi connectivity index (χ3v) is 5.22. The highest BCUT2D eigenvalue weighted by Gasteiger charge is 2.21. The fourth-order valence-electron chi connectivity index (χ4n) is 2.46. The standard InChI is InChI=1S/C17H13BrN6OS/c18-12-4-5-14-15(7-12)26-17(22-14)24(8-13-3-1-2-6-20-13)16(25)9-23-11-19-10-21-23/h1-7,10-11H,8-9H2. The van der Waals surface area contributed by atoms with Crippen molar-refractivity contribution in [2.24, 2.45) is 0 Å². The molecule has 3 aromatic heterocycles. The van der Waals surface area contributed by atoms with Crippen LogP contribution >= 0.6 is 27.3 Å². The number of thiazole rings is 1. The number of aromatic nitrogens is 5. The van der Waals surface area contributed by atoms with Crippen LogP contribution < -0.4 is 4.90 Å². The summed E-state index contributed by atoms with van der Waals surface area (Å²) < 4.78 is 3.48. The number of rotatable bonds is 5. The van der Waals surface area contributed by atoms with Crippen LogP contribution in [-0.4, -0.2) is 30.6 Å². The molecule has 1 aromatic carbocycles. The average molecular weight is 429 g/mol. The molecular formula is C17H13BrN6OS. The highest BCUT2D eigenvalue weighted by Crippen LogP contribution is 2.31. The Morgan fingerprint density at radius 3 is 2.96 bits per heavy atom. The average Bonchev–Trinajstić information content (AvgIpc) is 3.29. The molecule has 0 fully saturated rings. The van der Waals surface area contributed by atoms with Gasteiger partial charge in [-0.05, 0) is 30.3 Å². The van der Waals surface area contributed by atoms with Gasteiger partial charge >= 0.3 is 0 Å². The summed E-state index contributed by atoms with van der Waals surface area (Å²) in [5.74, 6) is -0.126. The van der Waals surface area contributed by atoms with Crippen molar-refractivity contribution >= 4 is 48.5 Å². The molecule has 3 heterocycles. The third kappa shape index (κ3) is 3.63. The maximum atomic E-state index is 12.9. The molecule has 0 aliphatic heterocycles. The Hall–Kier alpha value is -2.65. The fourth-order valence-corrected chi connectivity index (χ4v) is 3.99. The van der Waals surface area contributed by atoms with Crippen molar-refractivity contribution in [2.75, 3.05) is 4.90 Å².